The number of hydroxylamine groups is 2. The smallest absolute Gasteiger partial charge is 0.373 e. The van der Waals surface area contributed by atoms with E-state index < -0.39 is 43.8 Å². The molecule has 0 bridgehead atoms. The summed E-state index contributed by atoms with van der Waals surface area (Å²) in [5.74, 6) is -13.2. The predicted octanol–water partition coefficient (Wildman–Crippen LogP) is 5.09. The lowest BCUT2D eigenvalue weighted by Crippen LogP contribution is -2.67. The molecule has 5 nitrogen and oxygen atoms in total. The van der Waals surface area contributed by atoms with Crippen LogP contribution in [0.5, 0.6) is 0 Å². The molecule has 0 amide bonds. The van der Waals surface area contributed by atoms with Crippen molar-refractivity contribution >= 4 is 8.80 Å². The summed E-state index contributed by atoms with van der Waals surface area (Å²) in [6.45, 7) is 3.27. The predicted molar refractivity (Wildman–Crippen MR) is 93.2 cm³/mol. The quantitative estimate of drug-likeness (QED) is 0.169. The van der Waals surface area contributed by atoms with E-state index in [0.717, 1.165) is 12.1 Å². The molecule has 1 atom stereocenters. The third-order valence-electron chi connectivity index (χ3n) is 4.07. The van der Waals surface area contributed by atoms with Crippen LogP contribution in [0.2, 0.25) is 0 Å². The van der Waals surface area contributed by atoms with Crippen molar-refractivity contribution in [3.05, 3.63) is 35.9 Å². The highest BCUT2D eigenvalue weighted by atomic mass is 28.4. The molecule has 1 aromatic rings. The number of hydrogen-bond donors (Lipinski definition) is 0. The number of nitrogens with zero attached hydrogens (tertiary/aromatic N) is 1. The van der Waals surface area contributed by atoms with Crippen molar-refractivity contribution in [1.29, 1.82) is 0 Å². The van der Waals surface area contributed by atoms with E-state index in [1.807, 2.05) is 0 Å². The second kappa shape index (κ2) is 10.5. The lowest BCUT2D eigenvalue weighted by Gasteiger charge is -2.42. The molecule has 179 valence electrons. The minimum absolute atomic E-state index is 0.279. The largest absolute Gasteiger partial charge is 0.526 e. The van der Waals surface area contributed by atoms with Gasteiger partial charge in [-0.3, -0.25) is 0 Å². The fraction of sp³-hybridized carbons (Fsp3) is 0.647. The van der Waals surface area contributed by atoms with Gasteiger partial charge in [0, 0.05) is 19.8 Å². The van der Waals surface area contributed by atoms with Crippen LogP contribution in [0.15, 0.2) is 30.3 Å². The van der Waals surface area contributed by atoms with Crippen molar-refractivity contribution in [2.45, 2.75) is 50.8 Å². The number of benzene rings is 1. The van der Waals surface area contributed by atoms with Crippen molar-refractivity contribution < 1.29 is 53.6 Å². The summed E-state index contributed by atoms with van der Waals surface area (Å²) in [5.41, 5.74) is -2.85. The molecule has 0 N–H and O–H groups in total. The average Bonchev–Trinajstić information content (AvgIpc) is 2.69. The second-order valence-electron chi connectivity index (χ2n) is 6.08. The first-order valence-electron chi connectivity index (χ1n) is 9.11. The van der Waals surface area contributed by atoms with E-state index >= 15 is 0 Å². The highest BCUT2D eigenvalue weighted by molar-refractivity contribution is 6.62. The molecule has 0 fully saturated rings. The molecule has 0 aromatic heterocycles. The van der Waals surface area contributed by atoms with E-state index in [1.165, 1.54) is 39.0 Å². The highest BCUT2D eigenvalue weighted by Gasteiger charge is 2.80. The summed E-state index contributed by atoms with van der Waals surface area (Å²) in [6, 6.07) is -0.260. The summed E-state index contributed by atoms with van der Waals surface area (Å²) in [6.07, 6.45) is -5.16. The van der Waals surface area contributed by atoms with Crippen LogP contribution in [-0.2, 0) is 18.5 Å². The first-order chi connectivity index (χ1) is 14.3. The normalized spacial score (nSPS) is 15.0. The van der Waals surface area contributed by atoms with Crippen LogP contribution in [-0.4, -0.2) is 58.0 Å². The van der Waals surface area contributed by atoms with Gasteiger partial charge in [-0.1, -0.05) is 35.4 Å². The standard InChI is InChI=1S/C17H22F8NO4Si/c1-4-28-31(29-5-2,30-6-3)13(12-10-8-7-9-11-12)26(27)17(24,25)16(22,23)15(20,21)14(18)19/h7-11,13-14H,4-6H2,1-3H3. The van der Waals surface area contributed by atoms with Crippen LogP contribution < -0.4 is 0 Å². The number of rotatable bonds is 13. The molecule has 0 aliphatic heterocycles. The molecule has 0 heterocycles. The minimum Gasteiger partial charge on any atom is -0.373 e. The van der Waals surface area contributed by atoms with Gasteiger partial charge in [0.25, 0.3) is 0 Å². The molecule has 1 unspecified atom stereocenters. The van der Waals surface area contributed by atoms with E-state index in [1.54, 1.807) is 0 Å². The maximum Gasteiger partial charge on any atom is 0.526 e. The third-order valence-corrected chi connectivity index (χ3v) is 7.38. The molecule has 31 heavy (non-hydrogen) atoms. The SMILES string of the molecule is CCO[Si](OCC)(OCC)C(c1ccccc1)N([O])C(F)(F)C(F)(F)C(F)(F)C(F)F. The molecular weight excluding hydrogens is 462 g/mol. The van der Waals surface area contributed by atoms with Gasteiger partial charge in [-0.2, -0.15) is 26.3 Å². The fourth-order valence-corrected chi connectivity index (χ4v) is 5.70. The van der Waals surface area contributed by atoms with Crippen LogP contribution in [0.4, 0.5) is 35.1 Å². The summed E-state index contributed by atoms with van der Waals surface area (Å²) < 4.78 is 125. The Morgan fingerprint density at radius 1 is 0.871 bits per heavy atom. The Labute approximate surface area is 174 Å². The van der Waals surface area contributed by atoms with Crippen LogP contribution >= 0.6 is 0 Å². The van der Waals surface area contributed by atoms with E-state index in [2.05, 4.69) is 0 Å². The van der Waals surface area contributed by atoms with Gasteiger partial charge < -0.3 is 13.3 Å². The van der Waals surface area contributed by atoms with Crippen LogP contribution in [0.3, 0.4) is 0 Å². The Bertz CT molecular complexity index is 666. The zero-order chi connectivity index (χ0) is 24.1. The first kappa shape index (κ1) is 27.7. The number of hydrogen-bond acceptors (Lipinski definition) is 4. The Balaban J connectivity index is 3.72. The lowest BCUT2D eigenvalue weighted by molar-refractivity contribution is -0.441. The zero-order valence-corrected chi connectivity index (χ0v) is 17.8. The van der Waals surface area contributed by atoms with Crippen molar-refractivity contribution in [3.63, 3.8) is 0 Å². The lowest BCUT2D eigenvalue weighted by atomic mass is 10.1. The van der Waals surface area contributed by atoms with E-state index in [4.69, 9.17) is 13.3 Å². The van der Waals surface area contributed by atoms with Gasteiger partial charge in [-0.25, -0.2) is 8.78 Å². The maximum absolute atomic E-state index is 14.5. The molecule has 0 aliphatic carbocycles. The molecule has 1 rings (SSSR count). The summed E-state index contributed by atoms with van der Waals surface area (Å²) in [7, 11) is -4.64. The summed E-state index contributed by atoms with van der Waals surface area (Å²) in [4.78, 5) is 0. The van der Waals surface area contributed by atoms with Gasteiger partial charge in [0.1, 0.15) is 5.67 Å². The molecule has 0 saturated carbocycles. The Kier molecular flexibility index (Phi) is 9.41. The zero-order valence-electron chi connectivity index (χ0n) is 16.8. The molecule has 1 aromatic carbocycles. The van der Waals surface area contributed by atoms with Gasteiger partial charge in [0.05, 0.1) is 0 Å². The van der Waals surface area contributed by atoms with Gasteiger partial charge in [0.2, 0.25) is 0 Å². The van der Waals surface area contributed by atoms with Crippen LogP contribution in [0, 0.1) is 0 Å². The highest BCUT2D eigenvalue weighted by Crippen LogP contribution is 2.52. The average molecular weight is 484 g/mol. The number of halogens is 8. The molecular formula is C17H22F8NO4Si. The molecule has 0 spiro atoms. The molecule has 14 heteroatoms. The van der Waals surface area contributed by atoms with E-state index in [-0.39, 0.29) is 25.4 Å². The third kappa shape index (κ3) is 5.20. The van der Waals surface area contributed by atoms with Gasteiger partial charge in [-0.15, -0.1) is 5.21 Å². The minimum atomic E-state index is -6.74. The first-order valence-corrected chi connectivity index (χ1v) is 10.9. The molecule has 0 aliphatic rings. The van der Waals surface area contributed by atoms with Crippen LogP contribution in [0.25, 0.3) is 0 Å². The van der Waals surface area contributed by atoms with Crippen molar-refractivity contribution in [3.8, 4) is 0 Å². The Morgan fingerprint density at radius 3 is 1.65 bits per heavy atom. The fourth-order valence-electron chi connectivity index (χ4n) is 2.72. The van der Waals surface area contributed by atoms with Crippen molar-refractivity contribution in [2.24, 2.45) is 0 Å². The molecule has 1 radical (unpaired) electrons. The number of alkyl halides is 8. The van der Waals surface area contributed by atoms with Gasteiger partial charge in [-0.05, 0) is 26.3 Å². The van der Waals surface area contributed by atoms with Crippen molar-refractivity contribution in [2.75, 3.05) is 19.8 Å². The monoisotopic (exact) mass is 484 g/mol. The maximum atomic E-state index is 14.5. The summed E-state index contributed by atoms with van der Waals surface area (Å²) >= 11 is 0. The van der Waals surface area contributed by atoms with Crippen LogP contribution in [0.1, 0.15) is 32.0 Å². The summed E-state index contributed by atoms with van der Waals surface area (Å²) in [5, 5.41) is 11.0. The Morgan fingerprint density at radius 2 is 1.29 bits per heavy atom. The van der Waals surface area contributed by atoms with Gasteiger partial charge in [0.15, 0.2) is 0 Å². The van der Waals surface area contributed by atoms with E-state index in [0.29, 0.717) is 0 Å². The van der Waals surface area contributed by atoms with Gasteiger partial charge >= 0.3 is 33.1 Å². The Hall–Kier alpha value is -1.32. The topological polar surface area (TPSA) is 50.8 Å². The molecule has 0 saturated heterocycles. The second-order valence-corrected chi connectivity index (χ2v) is 8.70. The van der Waals surface area contributed by atoms with E-state index in [9.17, 15) is 40.3 Å². The van der Waals surface area contributed by atoms with Crippen molar-refractivity contribution in [1.82, 2.24) is 5.06 Å².